The van der Waals surface area contributed by atoms with E-state index in [2.05, 4.69) is 23.8 Å². The van der Waals surface area contributed by atoms with Crippen molar-refractivity contribution in [1.82, 2.24) is 9.78 Å². The predicted molar refractivity (Wildman–Crippen MR) is 68.6 cm³/mol. The van der Waals surface area contributed by atoms with Crippen LogP contribution in [0.1, 0.15) is 42.7 Å². The molecule has 1 aromatic heterocycles. The van der Waals surface area contributed by atoms with Crippen LogP contribution in [-0.2, 0) is 7.05 Å². The van der Waals surface area contributed by atoms with Gasteiger partial charge >= 0.3 is 0 Å². The van der Waals surface area contributed by atoms with Gasteiger partial charge in [-0.2, -0.15) is 5.10 Å². The number of piperidine rings is 1. The monoisotopic (exact) mass is 235 g/mol. The largest absolute Gasteiger partial charge is 0.356 e. The minimum Gasteiger partial charge on any atom is -0.356 e. The molecule has 0 saturated carbocycles. The van der Waals surface area contributed by atoms with Crippen molar-refractivity contribution in [3.63, 3.8) is 0 Å². The molecule has 94 valence electrons. The van der Waals surface area contributed by atoms with Crippen molar-refractivity contribution in [3.05, 3.63) is 11.3 Å². The average Bonchev–Trinajstić information content (AvgIpc) is 2.51. The first-order valence-electron chi connectivity index (χ1n) is 6.18. The molecule has 2 rings (SSSR count). The molecular weight excluding hydrogens is 214 g/mol. The molecular formula is C13H21N3O. The van der Waals surface area contributed by atoms with E-state index in [4.69, 9.17) is 0 Å². The molecule has 1 saturated heterocycles. The van der Waals surface area contributed by atoms with Gasteiger partial charge in [-0.3, -0.25) is 9.48 Å². The maximum Gasteiger partial charge on any atom is 0.155 e. The van der Waals surface area contributed by atoms with E-state index < -0.39 is 0 Å². The van der Waals surface area contributed by atoms with Gasteiger partial charge < -0.3 is 4.90 Å². The zero-order valence-corrected chi connectivity index (χ0v) is 11.2. The van der Waals surface area contributed by atoms with Gasteiger partial charge in [-0.1, -0.05) is 13.8 Å². The van der Waals surface area contributed by atoms with Crippen LogP contribution in [0.3, 0.4) is 0 Å². The summed E-state index contributed by atoms with van der Waals surface area (Å²) in [6.45, 7) is 8.46. The van der Waals surface area contributed by atoms with Gasteiger partial charge in [-0.25, -0.2) is 0 Å². The van der Waals surface area contributed by atoms with Crippen molar-refractivity contribution in [3.8, 4) is 0 Å². The van der Waals surface area contributed by atoms with Gasteiger partial charge in [0.1, 0.15) is 5.82 Å². The zero-order valence-electron chi connectivity index (χ0n) is 11.2. The number of aromatic nitrogens is 2. The number of hydrogen-bond acceptors (Lipinski definition) is 3. The third-order valence-electron chi connectivity index (χ3n) is 3.56. The summed E-state index contributed by atoms with van der Waals surface area (Å²) in [4.78, 5) is 13.5. The lowest BCUT2D eigenvalue weighted by Gasteiger charge is -2.39. The molecule has 0 amide bonds. The van der Waals surface area contributed by atoms with Gasteiger partial charge in [-0.15, -0.1) is 0 Å². The summed E-state index contributed by atoms with van der Waals surface area (Å²) in [7, 11) is 1.91. The lowest BCUT2D eigenvalue weighted by atomic mass is 9.84. The maximum atomic E-state index is 11.2. The van der Waals surface area contributed by atoms with Crippen LogP contribution in [-0.4, -0.2) is 29.2 Å². The quantitative estimate of drug-likeness (QED) is 0.737. The zero-order chi connectivity index (χ0) is 12.6. The Labute approximate surface area is 103 Å². The minimum absolute atomic E-state index is 0.316. The van der Waals surface area contributed by atoms with Crippen LogP contribution in [0.4, 0.5) is 5.82 Å². The second-order valence-corrected chi connectivity index (χ2v) is 5.75. The van der Waals surface area contributed by atoms with Gasteiger partial charge in [0.25, 0.3) is 0 Å². The van der Waals surface area contributed by atoms with Crippen LogP contribution in [0.2, 0.25) is 0 Å². The molecule has 17 heavy (non-hydrogen) atoms. The van der Waals surface area contributed by atoms with Gasteiger partial charge in [0.15, 0.2) is 6.29 Å². The molecule has 0 radical (unpaired) electrons. The van der Waals surface area contributed by atoms with Crippen LogP contribution in [0, 0.1) is 12.3 Å². The SMILES string of the molecule is Cc1nn(C)c(N2CCCC(C)(C)C2)c1C=O. The molecule has 1 fully saturated rings. The first-order valence-corrected chi connectivity index (χ1v) is 6.18. The lowest BCUT2D eigenvalue weighted by molar-refractivity contribution is 0.112. The lowest BCUT2D eigenvalue weighted by Crippen LogP contribution is -2.41. The first kappa shape index (κ1) is 12.1. The molecule has 4 heteroatoms. The maximum absolute atomic E-state index is 11.2. The fourth-order valence-corrected chi connectivity index (χ4v) is 2.78. The van der Waals surface area contributed by atoms with E-state index in [9.17, 15) is 4.79 Å². The first-order chi connectivity index (χ1) is 7.94. The Hall–Kier alpha value is -1.32. The Bertz CT molecular complexity index is 434. The number of aryl methyl sites for hydroxylation is 2. The number of hydrogen-bond donors (Lipinski definition) is 0. The van der Waals surface area contributed by atoms with Crippen molar-refractivity contribution in [2.75, 3.05) is 18.0 Å². The Kier molecular flexibility index (Phi) is 2.98. The van der Waals surface area contributed by atoms with E-state index in [0.717, 1.165) is 36.5 Å². The Balaban J connectivity index is 2.36. The molecule has 4 nitrogen and oxygen atoms in total. The molecule has 0 aliphatic carbocycles. The Morgan fingerprint density at radius 3 is 2.71 bits per heavy atom. The van der Waals surface area contributed by atoms with Crippen LogP contribution in [0.25, 0.3) is 0 Å². The van der Waals surface area contributed by atoms with Gasteiger partial charge in [0.2, 0.25) is 0 Å². The number of anilines is 1. The van der Waals surface area contributed by atoms with Gasteiger partial charge in [0, 0.05) is 20.1 Å². The second kappa shape index (κ2) is 4.17. The number of carbonyl (C=O) groups excluding carboxylic acids is 1. The molecule has 0 spiro atoms. The van der Waals surface area contributed by atoms with E-state index in [1.54, 1.807) is 0 Å². The molecule has 1 aliphatic heterocycles. The topological polar surface area (TPSA) is 38.1 Å². The highest BCUT2D eigenvalue weighted by atomic mass is 16.1. The predicted octanol–water partition coefficient (Wildman–Crippen LogP) is 2.17. The summed E-state index contributed by atoms with van der Waals surface area (Å²) in [5.41, 5.74) is 1.88. The highest BCUT2D eigenvalue weighted by molar-refractivity contribution is 5.84. The smallest absolute Gasteiger partial charge is 0.155 e. The number of aldehydes is 1. The molecule has 0 unspecified atom stereocenters. The van der Waals surface area contributed by atoms with Crippen molar-refractivity contribution in [2.24, 2.45) is 12.5 Å². The normalized spacial score (nSPS) is 19.4. The van der Waals surface area contributed by atoms with Crippen molar-refractivity contribution < 1.29 is 4.79 Å². The van der Waals surface area contributed by atoms with Crippen LogP contribution in [0.5, 0.6) is 0 Å². The number of carbonyl (C=O) groups is 1. The summed E-state index contributed by atoms with van der Waals surface area (Å²) in [6, 6.07) is 0. The van der Waals surface area contributed by atoms with E-state index in [0.29, 0.717) is 5.41 Å². The van der Waals surface area contributed by atoms with Gasteiger partial charge in [0.05, 0.1) is 11.3 Å². The molecule has 0 aromatic carbocycles. The standard InChI is InChI=1S/C13H21N3O/c1-10-11(8-17)12(15(4)14-10)16-7-5-6-13(2,3)9-16/h8H,5-7,9H2,1-4H3. The summed E-state index contributed by atoms with van der Waals surface area (Å²) < 4.78 is 1.83. The second-order valence-electron chi connectivity index (χ2n) is 5.75. The number of rotatable bonds is 2. The highest BCUT2D eigenvalue weighted by Gasteiger charge is 2.29. The van der Waals surface area contributed by atoms with Crippen LogP contribution >= 0.6 is 0 Å². The fourth-order valence-electron chi connectivity index (χ4n) is 2.78. The molecule has 0 bridgehead atoms. The van der Waals surface area contributed by atoms with Crippen LogP contribution in [0.15, 0.2) is 0 Å². The fraction of sp³-hybridized carbons (Fsp3) is 0.692. The van der Waals surface area contributed by atoms with Crippen molar-refractivity contribution in [2.45, 2.75) is 33.6 Å². The van der Waals surface area contributed by atoms with E-state index >= 15 is 0 Å². The Morgan fingerprint density at radius 2 is 2.12 bits per heavy atom. The molecule has 2 heterocycles. The summed E-state index contributed by atoms with van der Waals surface area (Å²) in [6.07, 6.45) is 3.35. The van der Waals surface area contributed by atoms with E-state index in [1.807, 2.05) is 18.7 Å². The molecule has 1 aliphatic rings. The van der Waals surface area contributed by atoms with Crippen molar-refractivity contribution >= 4 is 12.1 Å². The van der Waals surface area contributed by atoms with Gasteiger partial charge in [-0.05, 0) is 25.2 Å². The average molecular weight is 235 g/mol. The third kappa shape index (κ3) is 2.21. The summed E-state index contributed by atoms with van der Waals surface area (Å²) >= 11 is 0. The minimum atomic E-state index is 0.316. The molecule has 1 aromatic rings. The third-order valence-corrected chi connectivity index (χ3v) is 3.56. The Morgan fingerprint density at radius 1 is 1.41 bits per heavy atom. The summed E-state index contributed by atoms with van der Waals surface area (Å²) in [5, 5.41) is 4.35. The molecule has 0 atom stereocenters. The molecule has 0 N–H and O–H groups in total. The summed E-state index contributed by atoms with van der Waals surface area (Å²) in [5.74, 6) is 0.977. The van der Waals surface area contributed by atoms with Crippen molar-refractivity contribution in [1.29, 1.82) is 0 Å². The highest BCUT2D eigenvalue weighted by Crippen LogP contribution is 2.33. The van der Waals surface area contributed by atoms with Crippen LogP contribution < -0.4 is 4.90 Å². The van der Waals surface area contributed by atoms with E-state index in [1.165, 1.54) is 12.8 Å². The number of nitrogens with zero attached hydrogens (tertiary/aromatic N) is 3. The van der Waals surface area contributed by atoms with E-state index in [-0.39, 0.29) is 0 Å².